The number of aromatic nitrogens is 3. The fourth-order valence-corrected chi connectivity index (χ4v) is 3.73. The summed E-state index contributed by atoms with van der Waals surface area (Å²) < 4.78 is 0. The van der Waals surface area contributed by atoms with Gasteiger partial charge in [0.1, 0.15) is 5.82 Å². The lowest BCUT2D eigenvalue weighted by Crippen LogP contribution is -2.35. The van der Waals surface area contributed by atoms with Crippen LogP contribution < -0.4 is 5.56 Å². The molecule has 0 radical (unpaired) electrons. The van der Waals surface area contributed by atoms with Crippen LogP contribution in [0.15, 0.2) is 35.3 Å². The monoisotopic (exact) mass is 320 g/mol. The molecule has 2 N–H and O–H groups in total. The van der Waals surface area contributed by atoms with Crippen molar-refractivity contribution in [3.63, 3.8) is 0 Å². The molecule has 0 spiro atoms. The third-order valence-electron chi connectivity index (χ3n) is 5.21. The molecule has 0 amide bonds. The van der Waals surface area contributed by atoms with E-state index in [0.717, 1.165) is 56.0 Å². The highest BCUT2D eigenvalue weighted by molar-refractivity contribution is 5.82. The molecule has 5 rings (SSSR count). The van der Waals surface area contributed by atoms with Crippen LogP contribution in [-0.2, 0) is 19.5 Å². The zero-order valence-electron chi connectivity index (χ0n) is 13.5. The Labute approximate surface area is 139 Å². The van der Waals surface area contributed by atoms with Crippen molar-refractivity contribution in [3.8, 4) is 0 Å². The topological polar surface area (TPSA) is 64.8 Å². The van der Waals surface area contributed by atoms with Crippen molar-refractivity contribution in [1.82, 2.24) is 19.9 Å². The van der Waals surface area contributed by atoms with Gasteiger partial charge in [-0.1, -0.05) is 12.1 Å². The number of nitrogens with zero attached hydrogens (tertiary/aromatic N) is 2. The average molecular weight is 320 g/mol. The predicted octanol–water partition coefficient (Wildman–Crippen LogP) is 2.69. The molecule has 1 aliphatic heterocycles. The Morgan fingerprint density at radius 3 is 3.04 bits per heavy atom. The second-order valence-electron chi connectivity index (χ2n) is 6.97. The Kier molecular flexibility index (Phi) is 3.10. The second kappa shape index (κ2) is 5.31. The Bertz CT molecular complexity index is 967. The van der Waals surface area contributed by atoms with Gasteiger partial charge in [0.25, 0.3) is 5.56 Å². The van der Waals surface area contributed by atoms with E-state index in [4.69, 9.17) is 4.98 Å². The SMILES string of the molecule is O=c1[nH]c(C2CC2)nc2c1CCN(Cc1cccc3[nH]ccc13)C2. The van der Waals surface area contributed by atoms with Crippen LogP contribution in [0.1, 0.15) is 41.4 Å². The fraction of sp³-hybridized carbons (Fsp3) is 0.368. The molecule has 2 aliphatic rings. The standard InChI is InChI=1S/C19H20N4O/c24-19-15-7-9-23(11-17(15)21-18(22-19)12-4-5-12)10-13-2-1-3-16-14(13)6-8-20-16/h1-3,6,8,12,20H,4-5,7,9-11H2,(H,21,22,24). The Hall–Kier alpha value is -2.40. The van der Waals surface area contributed by atoms with Crippen molar-refractivity contribution in [2.45, 2.75) is 38.3 Å². The summed E-state index contributed by atoms with van der Waals surface area (Å²) in [6, 6.07) is 8.52. The lowest BCUT2D eigenvalue weighted by Gasteiger charge is -2.28. The molecule has 0 unspecified atom stereocenters. The van der Waals surface area contributed by atoms with Crippen molar-refractivity contribution >= 4 is 10.9 Å². The summed E-state index contributed by atoms with van der Waals surface area (Å²) in [7, 11) is 0. The van der Waals surface area contributed by atoms with E-state index in [0.29, 0.717) is 5.92 Å². The van der Waals surface area contributed by atoms with Gasteiger partial charge in [0, 0.05) is 48.2 Å². The maximum absolute atomic E-state index is 12.3. The van der Waals surface area contributed by atoms with Crippen LogP contribution in [0.4, 0.5) is 0 Å². The Morgan fingerprint density at radius 2 is 2.17 bits per heavy atom. The first-order valence-electron chi connectivity index (χ1n) is 8.67. The number of nitrogens with one attached hydrogen (secondary N) is 2. The number of benzene rings is 1. The third-order valence-corrected chi connectivity index (χ3v) is 5.21. The van der Waals surface area contributed by atoms with Gasteiger partial charge >= 0.3 is 0 Å². The summed E-state index contributed by atoms with van der Waals surface area (Å²) in [6.45, 7) is 2.56. The molecule has 1 aliphatic carbocycles. The summed E-state index contributed by atoms with van der Waals surface area (Å²) >= 11 is 0. The van der Waals surface area contributed by atoms with Gasteiger partial charge in [0.05, 0.1) is 5.69 Å². The molecule has 5 heteroatoms. The van der Waals surface area contributed by atoms with Crippen LogP contribution in [0.5, 0.6) is 0 Å². The predicted molar refractivity (Wildman–Crippen MR) is 92.9 cm³/mol. The summed E-state index contributed by atoms with van der Waals surface area (Å²) in [6.07, 6.45) is 5.08. The quantitative estimate of drug-likeness (QED) is 0.780. The van der Waals surface area contributed by atoms with Crippen molar-refractivity contribution in [1.29, 1.82) is 0 Å². The van der Waals surface area contributed by atoms with Crippen LogP contribution in [0.25, 0.3) is 10.9 Å². The van der Waals surface area contributed by atoms with Gasteiger partial charge in [0.2, 0.25) is 0 Å². The molecule has 24 heavy (non-hydrogen) atoms. The largest absolute Gasteiger partial charge is 0.361 e. The van der Waals surface area contributed by atoms with Gasteiger partial charge in [-0.25, -0.2) is 4.98 Å². The van der Waals surface area contributed by atoms with Crippen molar-refractivity contribution in [2.75, 3.05) is 6.54 Å². The first kappa shape index (κ1) is 14.0. The molecule has 3 heterocycles. The minimum absolute atomic E-state index is 0.0780. The lowest BCUT2D eigenvalue weighted by molar-refractivity contribution is 0.241. The number of rotatable bonds is 3. The fourth-order valence-electron chi connectivity index (χ4n) is 3.73. The van der Waals surface area contributed by atoms with Crippen LogP contribution in [0, 0.1) is 0 Å². The van der Waals surface area contributed by atoms with Gasteiger partial charge in [-0.15, -0.1) is 0 Å². The second-order valence-corrected chi connectivity index (χ2v) is 6.97. The first-order chi connectivity index (χ1) is 11.8. The van der Waals surface area contributed by atoms with E-state index in [9.17, 15) is 4.79 Å². The first-order valence-corrected chi connectivity index (χ1v) is 8.67. The summed E-state index contributed by atoms with van der Waals surface area (Å²) in [5.41, 5.74) is 4.44. The number of hydrogen-bond acceptors (Lipinski definition) is 3. The Morgan fingerprint density at radius 1 is 1.25 bits per heavy atom. The van der Waals surface area contributed by atoms with Gasteiger partial charge in [-0.3, -0.25) is 9.69 Å². The van der Waals surface area contributed by atoms with E-state index in [1.807, 2.05) is 6.20 Å². The molecule has 2 aromatic heterocycles. The molecule has 0 atom stereocenters. The van der Waals surface area contributed by atoms with Crippen LogP contribution in [0.3, 0.4) is 0 Å². The molecule has 1 aromatic carbocycles. The molecular formula is C19H20N4O. The minimum Gasteiger partial charge on any atom is -0.361 e. The van der Waals surface area contributed by atoms with Gasteiger partial charge in [0.15, 0.2) is 0 Å². The van der Waals surface area contributed by atoms with Gasteiger partial charge < -0.3 is 9.97 Å². The van der Waals surface area contributed by atoms with E-state index in [1.54, 1.807) is 0 Å². The van der Waals surface area contributed by atoms with E-state index in [1.165, 1.54) is 16.5 Å². The molecule has 0 saturated heterocycles. The lowest BCUT2D eigenvalue weighted by atomic mass is 10.0. The third kappa shape index (κ3) is 2.36. The van der Waals surface area contributed by atoms with Gasteiger partial charge in [-0.05, 0) is 37.0 Å². The minimum atomic E-state index is 0.0780. The summed E-state index contributed by atoms with van der Waals surface area (Å²) in [4.78, 5) is 25.7. The molecule has 3 aromatic rings. The van der Waals surface area contributed by atoms with E-state index >= 15 is 0 Å². The molecule has 1 fully saturated rings. The molecule has 122 valence electrons. The highest BCUT2D eigenvalue weighted by Gasteiger charge is 2.29. The summed E-state index contributed by atoms with van der Waals surface area (Å²) in [5, 5.41) is 1.28. The smallest absolute Gasteiger partial charge is 0.254 e. The highest BCUT2D eigenvalue weighted by atomic mass is 16.1. The molecule has 1 saturated carbocycles. The average Bonchev–Trinajstić information content (AvgIpc) is 3.32. The number of aromatic amines is 2. The Balaban J connectivity index is 1.44. The number of hydrogen-bond donors (Lipinski definition) is 2. The highest BCUT2D eigenvalue weighted by Crippen LogP contribution is 2.37. The maximum atomic E-state index is 12.3. The maximum Gasteiger partial charge on any atom is 0.254 e. The van der Waals surface area contributed by atoms with Crippen molar-refractivity contribution in [3.05, 3.63) is 63.5 Å². The van der Waals surface area contributed by atoms with E-state index < -0.39 is 0 Å². The molecule has 0 bridgehead atoms. The van der Waals surface area contributed by atoms with Crippen molar-refractivity contribution < 1.29 is 0 Å². The van der Waals surface area contributed by atoms with E-state index in [-0.39, 0.29) is 5.56 Å². The van der Waals surface area contributed by atoms with Crippen LogP contribution in [0.2, 0.25) is 0 Å². The van der Waals surface area contributed by atoms with E-state index in [2.05, 4.69) is 39.1 Å². The van der Waals surface area contributed by atoms with Gasteiger partial charge in [-0.2, -0.15) is 0 Å². The summed E-state index contributed by atoms with van der Waals surface area (Å²) in [5.74, 6) is 1.38. The number of H-pyrrole nitrogens is 2. The number of fused-ring (bicyclic) bond motifs is 2. The van der Waals surface area contributed by atoms with Crippen molar-refractivity contribution in [2.24, 2.45) is 0 Å². The zero-order valence-corrected chi connectivity index (χ0v) is 13.5. The normalized spacial score (nSPS) is 18.0. The zero-order chi connectivity index (χ0) is 16.1. The molecular weight excluding hydrogens is 300 g/mol. The van der Waals surface area contributed by atoms with Crippen LogP contribution >= 0.6 is 0 Å². The molecule has 5 nitrogen and oxygen atoms in total. The van der Waals surface area contributed by atoms with Crippen LogP contribution in [-0.4, -0.2) is 26.4 Å².